The van der Waals surface area contributed by atoms with E-state index in [1.165, 1.54) is 18.2 Å². The fraction of sp³-hybridized carbons (Fsp3) is 0.571. The summed E-state index contributed by atoms with van der Waals surface area (Å²) in [5.74, 6) is 0.350. The summed E-state index contributed by atoms with van der Waals surface area (Å²) in [7, 11) is -3.56. The Labute approximate surface area is 125 Å². The van der Waals surface area contributed by atoms with Crippen LogP contribution >= 0.6 is 11.6 Å². The molecule has 0 radical (unpaired) electrons. The molecule has 2 atom stereocenters. The number of halogens is 1. The summed E-state index contributed by atoms with van der Waals surface area (Å²) in [6, 6.07) is 4.39. The van der Waals surface area contributed by atoms with E-state index in [4.69, 9.17) is 11.6 Å². The van der Waals surface area contributed by atoms with Gasteiger partial charge in [0.2, 0.25) is 10.0 Å². The number of sulfonamides is 1. The van der Waals surface area contributed by atoms with Crippen LogP contribution in [-0.4, -0.2) is 19.6 Å². The van der Waals surface area contributed by atoms with Gasteiger partial charge in [0, 0.05) is 11.1 Å². The van der Waals surface area contributed by atoms with E-state index in [0.29, 0.717) is 16.5 Å². The highest BCUT2D eigenvalue weighted by Crippen LogP contribution is 2.26. The highest BCUT2D eigenvalue weighted by molar-refractivity contribution is 7.89. The third-order valence-electron chi connectivity index (χ3n) is 3.92. The number of aliphatic hydroxyl groups excluding tert-OH is 1. The van der Waals surface area contributed by atoms with Crippen LogP contribution in [0.25, 0.3) is 0 Å². The standard InChI is InChI=1S/C14H20ClNO3S/c1-10-4-2-3-5-14(10)16-20(18,19)12-6-7-13(15)11(8-12)9-17/h6-8,10,14,16-17H,2-5,9H2,1H3. The Morgan fingerprint density at radius 1 is 1.35 bits per heavy atom. The van der Waals surface area contributed by atoms with Crippen LogP contribution in [-0.2, 0) is 16.6 Å². The summed E-state index contributed by atoms with van der Waals surface area (Å²) in [6.07, 6.45) is 4.14. The van der Waals surface area contributed by atoms with Crippen LogP contribution in [0.2, 0.25) is 5.02 Å². The van der Waals surface area contributed by atoms with Crippen molar-refractivity contribution in [2.75, 3.05) is 0 Å². The molecule has 1 saturated carbocycles. The van der Waals surface area contributed by atoms with E-state index in [2.05, 4.69) is 11.6 Å². The van der Waals surface area contributed by atoms with E-state index < -0.39 is 10.0 Å². The van der Waals surface area contributed by atoms with E-state index in [9.17, 15) is 13.5 Å². The number of aliphatic hydroxyl groups is 1. The smallest absolute Gasteiger partial charge is 0.240 e. The van der Waals surface area contributed by atoms with Crippen molar-refractivity contribution < 1.29 is 13.5 Å². The molecule has 4 nitrogen and oxygen atoms in total. The van der Waals surface area contributed by atoms with Gasteiger partial charge in [0.25, 0.3) is 0 Å². The van der Waals surface area contributed by atoms with Gasteiger partial charge in [-0.15, -0.1) is 0 Å². The first-order valence-electron chi connectivity index (χ1n) is 6.85. The average molecular weight is 318 g/mol. The van der Waals surface area contributed by atoms with Crippen molar-refractivity contribution in [3.05, 3.63) is 28.8 Å². The third-order valence-corrected chi connectivity index (χ3v) is 5.77. The molecule has 0 amide bonds. The molecule has 1 fully saturated rings. The molecular weight excluding hydrogens is 298 g/mol. The molecule has 1 aromatic rings. The van der Waals surface area contributed by atoms with Gasteiger partial charge in [-0.1, -0.05) is 31.4 Å². The molecule has 0 aliphatic heterocycles. The number of hydrogen-bond acceptors (Lipinski definition) is 3. The second-order valence-corrected chi connectivity index (χ2v) is 7.52. The molecule has 2 N–H and O–H groups in total. The maximum atomic E-state index is 12.4. The Morgan fingerprint density at radius 3 is 2.70 bits per heavy atom. The normalized spacial score (nSPS) is 23.8. The fourth-order valence-electron chi connectivity index (χ4n) is 2.60. The molecule has 1 aromatic carbocycles. The Morgan fingerprint density at radius 2 is 2.05 bits per heavy atom. The van der Waals surface area contributed by atoms with Gasteiger partial charge in [0.05, 0.1) is 11.5 Å². The highest BCUT2D eigenvalue weighted by atomic mass is 35.5. The minimum absolute atomic E-state index is 0.0120. The first kappa shape index (κ1) is 15.8. The predicted molar refractivity (Wildman–Crippen MR) is 79.1 cm³/mol. The van der Waals surface area contributed by atoms with Crippen molar-refractivity contribution in [3.63, 3.8) is 0 Å². The molecule has 0 saturated heterocycles. The number of hydrogen-bond donors (Lipinski definition) is 2. The second kappa shape index (κ2) is 6.43. The average Bonchev–Trinajstić information content (AvgIpc) is 2.41. The number of rotatable bonds is 4. The first-order valence-corrected chi connectivity index (χ1v) is 8.72. The van der Waals surface area contributed by atoms with E-state index in [1.807, 2.05) is 0 Å². The Kier molecular flexibility index (Phi) is 5.07. The fourth-order valence-corrected chi connectivity index (χ4v) is 4.20. The molecular formula is C14H20ClNO3S. The lowest BCUT2D eigenvalue weighted by Crippen LogP contribution is -2.41. The van der Waals surface area contributed by atoms with E-state index >= 15 is 0 Å². The number of nitrogens with one attached hydrogen (secondary N) is 1. The van der Waals surface area contributed by atoms with E-state index in [0.717, 1.165) is 25.7 Å². The van der Waals surface area contributed by atoms with Gasteiger partial charge in [-0.2, -0.15) is 0 Å². The maximum Gasteiger partial charge on any atom is 0.240 e. The largest absolute Gasteiger partial charge is 0.392 e. The second-order valence-electron chi connectivity index (χ2n) is 5.40. The summed E-state index contributed by atoms with van der Waals surface area (Å²) in [6.45, 7) is 1.80. The summed E-state index contributed by atoms with van der Waals surface area (Å²) in [5, 5.41) is 9.55. The molecule has 0 bridgehead atoms. The van der Waals surface area contributed by atoms with Crippen molar-refractivity contribution in [1.29, 1.82) is 0 Å². The van der Waals surface area contributed by atoms with Crippen LogP contribution in [0.1, 0.15) is 38.2 Å². The van der Waals surface area contributed by atoms with Crippen LogP contribution in [0.4, 0.5) is 0 Å². The van der Waals surface area contributed by atoms with Crippen LogP contribution < -0.4 is 4.72 Å². The number of benzene rings is 1. The molecule has 2 rings (SSSR count). The lowest BCUT2D eigenvalue weighted by Gasteiger charge is -2.29. The lowest BCUT2D eigenvalue weighted by molar-refractivity contribution is 0.281. The Balaban J connectivity index is 2.21. The monoisotopic (exact) mass is 317 g/mol. The van der Waals surface area contributed by atoms with Gasteiger partial charge < -0.3 is 5.11 Å². The quantitative estimate of drug-likeness (QED) is 0.897. The molecule has 112 valence electrons. The van der Waals surface area contributed by atoms with Crippen LogP contribution in [0.5, 0.6) is 0 Å². The third kappa shape index (κ3) is 3.52. The lowest BCUT2D eigenvalue weighted by atomic mass is 9.87. The van der Waals surface area contributed by atoms with Gasteiger partial charge in [0.1, 0.15) is 0 Å². The van der Waals surface area contributed by atoms with Gasteiger partial charge in [-0.25, -0.2) is 13.1 Å². The summed E-state index contributed by atoms with van der Waals surface area (Å²) in [5.41, 5.74) is 0.422. The molecule has 0 aromatic heterocycles. The molecule has 20 heavy (non-hydrogen) atoms. The SMILES string of the molecule is CC1CCCCC1NS(=O)(=O)c1ccc(Cl)c(CO)c1. The maximum absolute atomic E-state index is 12.4. The summed E-state index contributed by atoms with van der Waals surface area (Å²) < 4.78 is 27.6. The van der Waals surface area contributed by atoms with Crippen LogP contribution in [0.15, 0.2) is 23.1 Å². The molecule has 0 spiro atoms. The van der Waals surface area contributed by atoms with Crippen LogP contribution in [0.3, 0.4) is 0 Å². The topological polar surface area (TPSA) is 66.4 Å². The predicted octanol–water partition coefficient (Wildman–Crippen LogP) is 2.69. The van der Waals surface area contributed by atoms with E-state index in [1.54, 1.807) is 0 Å². The highest BCUT2D eigenvalue weighted by Gasteiger charge is 2.27. The molecule has 2 unspecified atom stereocenters. The Bertz CT molecular complexity index is 574. The van der Waals surface area contributed by atoms with Crippen molar-refractivity contribution in [3.8, 4) is 0 Å². The summed E-state index contributed by atoms with van der Waals surface area (Å²) >= 11 is 5.89. The van der Waals surface area contributed by atoms with Gasteiger partial charge in [-0.3, -0.25) is 0 Å². The zero-order chi connectivity index (χ0) is 14.8. The first-order chi connectivity index (χ1) is 9.44. The van der Waals surface area contributed by atoms with Gasteiger partial charge in [0.15, 0.2) is 0 Å². The van der Waals surface area contributed by atoms with E-state index in [-0.39, 0.29) is 17.5 Å². The van der Waals surface area contributed by atoms with Crippen molar-refractivity contribution in [2.45, 2.75) is 50.2 Å². The van der Waals surface area contributed by atoms with Crippen molar-refractivity contribution in [1.82, 2.24) is 4.72 Å². The molecule has 1 aliphatic rings. The van der Waals surface area contributed by atoms with Crippen LogP contribution in [0, 0.1) is 5.92 Å². The minimum Gasteiger partial charge on any atom is -0.392 e. The van der Waals surface area contributed by atoms with Crippen molar-refractivity contribution in [2.24, 2.45) is 5.92 Å². The minimum atomic E-state index is -3.56. The Hall–Kier alpha value is -0.620. The molecule has 6 heteroatoms. The van der Waals surface area contributed by atoms with Gasteiger partial charge in [-0.05, 0) is 42.5 Å². The zero-order valence-electron chi connectivity index (χ0n) is 11.5. The zero-order valence-corrected chi connectivity index (χ0v) is 13.0. The van der Waals surface area contributed by atoms with Crippen molar-refractivity contribution >= 4 is 21.6 Å². The van der Waals surface area contributed by atoms with Gasteiger partial charge >= 0.3 is 0 Å². The molecule has 0 heterocycles. The molecule has 1 aliphatic carbocycles. The summed E-state index contributed by atoms with van der Waals surface area (Å²) in [4.78, 5) is 0.156.